The minimum Gasteiger partial charge on any atom is -0.464 e. The molecule has 0 bridgehead atoms. The van der Waals surface area contributed by atoms with Crippen molar-refractivity contribution in [2.24, 2.45) is 5.73 Å². The van der Waals surface area contributed by atoms with Crippen LogP contribution in [0.15, 0.2) is 12.4 Å². The summed E-state index contributed by atoms with van der Waals surface area (Å²) in [6, 6.07) is 0. The number of amides is 1. The maximum Gasteiger partial charge on any atom is 0.333 e. The van der Waals surface area contributed by atoms with E-state index in [1.807, 2.05) is 0 Å². The average Bonchev–Trinajstić information content (AvgIpc) is 3.16. The van der Waals surface area contributed by atoms with Crippen LogP contribution in [0, 0.1) is 0 Å². The molecular weight excluding hydrogens is 336 g/mol. The van der Waals surface area contributed by atoms with Crippen LogP contribution in [0.4, 0.5) is 5.69 Å². The van der Waals surface area contributed by atoms with Gasteiger partial charge in [-0.25, -0.2) is 4.79 Å². The van der Waals surface area contributed by atoms with E-state index < -0.39 is 11.6 Å². The van der Waals surface area contributed by atoms with Crippen LogP contribution in [0.2, 0.25) is 0 Å². The van der Waals surface area contributed by atoms with Gasteiger partial charge in [-0.05, 0) is 33.6 Å². The second-order valence-corrected chi connectivity index (χ2v) is 6.00. The highest BCUT2D eigenvalue weighted by atomic mass is 35.5. The predicted molar refractivity (Wildman–Crippen MR) is 91.0 cm³/mol. The van der Waals surface area contributed by atoms with Crippen LogP contribution in [0.1, 0.15) is 33.6 Å². The number of aromatic nitrogens is 2. The van der Waals surface area contributed by atoms with E-state index >= 15 is 0 Å². The van der Waals surface area contributed by atoms with Crippen molar-refractivity contribution in [2.75, 3.05) is 18.5 Å². The SMILES string of the molecule is CCOC(=O)C(C)(C)n1cc(NC(=O)[C@@H]2CC[C@H](CN)O2)cn1.Cl. The standard InChI is InChI=1S/C15H24N4O4.ClH/c1-4-22-14(21)15(2,3)19-9-10(8-17-19)18-13(20)12-6-5-11(7-16)23-12;/h8-9,11-12H,4-7,16H2,1-3H3,(H,18,20);1H/t11-,12+;/m1./s1. The molecule has 3 N–H and O–H groups in total. The molecule has 1 fully saturated rings. The number of nitrogens with two attached hydrogens (primary N) is 1. The zero-order chi connectivity index (χ0) is 17.0. The molecule has 0 spiro atoms. The van der Waals surface area contributed by atoms with Crippen molar-refractivity contribution in [1.29, 1.82) is 0 Å². The molecular formula is C15H25ClN4O4. The summed E-state index contributed by atoms with van der Waals surface area (Å²) in [5, 5.41) is 6.89. The fourth-order valence-electron chi connectivity index (χ4n) is 2.39. The van der Waals surface area contributed by atoms with Gasteiger partial charge in [-0.3, -0.25) is 9.48 Å². The van der Waals surface area contributed by atoms with Crippen LogP contribution in [0.25, 0.3) is 0 Å². The first kappa shape index (κ1) is 20.4. The van der Waals surface area contributed by atoms with Gasteiger partial charge in [-0.15, -0.1) is 12.4 Å². The third-order valence-corrected chi connectivity index (χ3v) is 3.86. The zero-order valence-electron chi connectivity index (χ0n) is 14.2. The Morgan fingerprint density at radius 1 is 1.50 bits per heavy atom. The van der Waals surface area contributed by atoms with Gasteiger partial charge in [0.1, 0.15) is 6.10 Å². The van der Waals surface area contributed by atoms with Crippen molar-refractivity contribution in [2.45, 2.75) is 51.4 Å². The molecule has 2 heterocycles. The molecule has 8 nitrogen and oxygen atoms in total. The number of carbonyl (C=O) groups is 2. The maximum absolute atomic E-state index is 12.2. The van der Waals surface area contributed by atoms with Crippen molar-refractivity contribution in [3.05, 3.63) is 12.4 Å². The first-order valence-electron chi connectivity index (χ1n) is 7.77. The lowest BCUT2D eigenvalue weighted by Crippen LogP contribution is -2.37. The minimum atomic E-state index is -0.951. The summed E-state index contributed by atoms with van der Waals surface area (Å²) in [6.07, 6.45) is 3.97. The van der Waals surface area contributed by atoms with Gasteiger partial charge >= 0.3 is 5.97 Å². The zero-order valence-corrected chi connectivity index (χ0v) is 15.0. The van der Waals surface area contributed by atoms with Crippen LogP contribution < -0.4 is 11.1 Å². The van der Waals surface area contributed by atoms with E-state index in [9.17, 15) is 9.59 Å². The first-order chi connectivity index (χ1) is 10.9. The predicted octanol–water partition coefficient (Wildman–Crippen LogP) is 1.05. The quantitative estimate of drug-likeness (QED) is 0.734. The fourth-order valence-corrected chi connectivity index (χ4v) is 2.39. The molecule has 0 unspecified atom stereocenters. The molecule has 1 aromatic heterocycles. The summed E-state index contributed by atoms with van der Waals surface area (Å²) < 4.78 is 12.1. The summed E-state index contributed by atoms with van der Waals surface area (Å²) in [5.74, 6) is -0.611. The number of nitrogens with zero attached hydrogens (tertiary/aromatic N) is 2. The highest BCUT2D eigenvalue weighted by molar-refractivity contribution is 5.94. The second kappa shape index (κ2) is 8.46. The Morgan fingerprint density at radius 3 is 2.79 bits per heavy atom. The average molecular weight is 361 g/mol. The van der Waals surface area contributed by atoms with Gasteiger partial charge in [0.15, 0.2) is 5.54 Å². The Bertz CT molecular complexity index is 576. The monoisotopic (exact) mass is 360 g/mol. The maximum atomic E-state index is 12.2. The van der Waals surface area contributed by atoms with Crippen molar-refractivity contribution in [1.82, 2.24) is 9.78 Å². The number of halogens is 1. The van der Waals surface area contributed by atoms with E-state index in [1.54, 1.807) is 27.0 Å². The molecule has 1 aromatic rings. The lowest BCUT2D eigenvalue weighted by Gasteiger charge is -2.22. The van der Waals surface area contributed by atoms with E-state index in [2.05, 4.69) is 10.4 Å². The third-order valence-electron chi connectivity index (χ3n) is 3.86. The topological polar surface area (TPSA) is 108 Å². The second-order valence-electron chi connectivity index (χ2n) is 6.00. The van der Waals surface area contributed by atoms with Gasteiger partial charge in [0.25, 0.3) is 5.91 Å². The normalized spacial score (nSPS) is 20.3. The Balaban J connectivity index is 0.00000288. The van der Waals surface area contributed by atoms with E-state index in [0.29, 0.717) is 25.3 Å². The summed E-state index contributed by atoms with van der Waals surface area (Å²) in [4.78, 5) is 24.1. The number of rotatable bonds is 6. The van der Waals surface area contributed by atoms with E-state index in [1.165, 1.54) is 10.9 Å². The van der Waals surface area contributed by atoms with Crippen LogP contribution in [-0.4, -0.2) is 47.0 Å². The smallest absolute Gasteiger partial charge is 0.333 e. The molecule has 2 atom stereocenters. The molecule has 1 amide bonds. The number of ether oxygens (including phenoxy) is 2. The molecule has 0 saturated carbocycles. The minimum absolute atomic E-state index is 0. The number of nitrogens with one attached hydrogen (secondary N) is 1. The number of hydrogen-bond acceptors (Lipinski definition) is 6. The van der Waals surface area contributed by atoms with Gasteiger partial charge in [-0.2, -0.15) is 5.10 Å². The molecule has 0 aliphatic carbocycles. The Kier molecular flexibility index (Phi) is 7.19. The van der Waals surface area contributed by atoms with Crippen molar-refractivity contribution < 1.29 is 19.1 Å². The van der Waals surface area contributed by atoms with Crippen molar-refractivity contribution in [3.63, 3.8) is 0 Å². The van der Waals surface area contributed by atoms with Crippen LogP contribution in [0.3, 0.4) is 0 Å². The van der Waals surface area contributed by atoms with E-state index in [0.717, 1.165) is 6.42 Å². The lowest BCUT2D eigenvalue weighted by atomic mass is 10.1. The van der Waals surface area contributed by atoms with Crippen LogP contribution >= 0.6 is 12.4 Å². The molecule has 0 aromatic carbocycles. The van der Waals surface area contributed by atoms with Crippen LogP contribution in [-0.2, 0) is 24.6 Å². The Hall–Kier alpha value is -1.64. The van der Waals surface area contributed by atoms with E-state index in [-0.39, 0.29) is 30.4 Å². The molecule has 1 saturated heterocycles. The third kappa shape index (κ3) is 4.46. The van der Waals surface area contributed by atoms with Gasteiger partial charge in [0.05, 0.1) is 24.6 Å². The van der Waals surface area contributed by atoms with E-state index in [4.69, 9.17) is 15.2 Å². The Morgan fingerprint density at radius 2 is 2.21 bits per heavy atom. The van der Waals surface area contributed by atoms with Crippen LogP contribution in [0.5, 0.6) is 0 Å². The van der Waals surface area contributed by atoms with Crippen molar-refractivity contribution in [3.8, 4) is 0 Å². The highest BCUT2D eigenvalue weighted by Gasteiger charge is 2.33. The van der Waals surface area contributed by atoms with Gasteiger partial charge in [0, 0.05) is 12.7 Å². The molecule has 9 heteroatoms. The van der Waals surface area contributed by atoms with Gasteiger partial charge in [-0.1, -0.05) is 0 Å². The number of esters is 1. The van der Waals surface area contributed by atoms with Gasteiger partial charge < -0.3 is 20.5 Å². The molecule has 136 valence electrons. The molecule has 1 aliphatic rings. The van der Waals surface area contributed by atoms with Crippen molar-refractivity contribution >= 4 is 30.0 Å². The largest absolute Gasteiger partial charge is 0.464 e. The number of hydrogen-bond donors (Lipinski definition) is 2. The summed E-state index contributed by atoms with van der Waals surface area (Å²) in [6.45, 7) is 5.87. The molecule has 24 heavy (non-hydrogen) atoms. The molecule has 0 radical (unpaired) electrons. The Labute approximate surface area is 147 Å². The highest BCUT2D eigenvalue weighted by Crippen LogP contribution is 2.22. The number of carbonyl (C=O) groups excluding carboxylic acids is 2. The molecule has 1 aliphatic heterocycles. The number of anilines is 1. The summed E-state index contributed by atoms with van der Waals surface area (Å²) >= 11 is 0. The van der Waals surface area contributed by atoms with Gasteiger partial charge in [0.2, 0.25) is 0 Å². The summed E-state index contributed by atoms with van der Waals surface area (Å²) in [5.41, 5.74) is 5.09. The lowest BCUT2D eigenvalue weighted by molar-refractivity contribution is -0.152. The summed E-state index contributed by atoms with van der Waals surface area (Å²) in [7, 11) is 0. The molecule has 2 rings (SSSR count). The fraction of sp³-hybridized carbons (Fsp3) is 0.667. The first-order valence-corrected chi connectivity index (χ1v) is 7.77.